The molecule has 0 aliphatic rings. The summed E-state index contributed by atoms with van der Waals surface area (Å²) in [5, 5.41) is 0. The van der Waals surface area contributed by atoms with Crippen molar-refractivity contribution in [3.8, 4) is 0 Å². The molecule has 2 aromatic rings. The van der Waals surface area contributed by atoms with Crippen LogP contribution in [-0.4, -0.2) is 8.42 Å². The van der Waals surface area contributed by atoms with Gasteiger partial charge in [0.15, 0.2) is 0 Å². The zero-order valence-corrected chi connectivity index (χ0v) is 12.1. The predicted molar refractivity (Wildman–Crippen MR) is 73.4 cm³/mol. The number of alkyl halides is 3. The Morgan fingerprint density at radius 1 is 1.00 bits per heavy atom. The molecule has 0 aliphatic heterocycles. The fourth-order valence-electron chi connectivity index (χ4n) is 1.70. The van der Waals surface area contributed by atoms with Gasteiger partial charge in [0.1, 0.15) is 5.82 Å². The summed E-state index contributed by atoms with van der Waals surface area (Å²) in [5.74, 6) is -1.30. The van der Waals surface area contributed by atoms with Gasteiger partial charge in [-0.05, 0) is 37.3 Å². The molecule has 8 heteroatoms. The maximum absolute atomic E-state index is 13.7. The van der Waals surface area contributed by atoms with Gasteiger partial charge >= 0.3 is 6.18 Å². The van der Waals surface area contributed by atoms with Gasteiger partial charge in [0.05, 0.1) is 16.1 Å². The van der Waals surface area contributed by atoms with Crippen LogP contribution in [0.15, 0.2) is 47.4 Å². The lowest BCUT2D eigenvalue weighted by atomic mass is 10.2. The fraction of sp³-hybridized carbons (Fsp3) is 0.143. The molecule has 118 valence electrons. The predicted octanol–water partition coefficient (Wildman–Crippen LogP) is 3.95. The maximum atomic E-state index is 13.7. The van der Waals surface area contributed by atoms with Crippen LogP contribution in [-0.2, 0) is 16.2 Å². The molecule has 0 bridgehead atoms. The van der Waals surface area contributed by atoms with Crippen molar-refractivity contribution >= 4 is 15.7 Å². The normalized spacial score (nSPS) is 12.2. The lowest BCUT2D eigenvalue weighted by molar-refractivity contribution is -0.137. The van der Waals surface area contributed by atoms with Gasteiger partial charge in [-0.2, -0.15) is 13.2 Å². The summed E-state index contributed by atoms with van der Waals surface area (Å²) in [6.07, 6.45) is -4.70. The van der Waals surface area contributed by atoms with Crippen molar-refractivity contribution in [2.45, 2.75) is 18.0 Å². The highest BCUT2D eigenvalue weighted by Crippen LogP contribution is 2.31. The van der Waals surface area contributed by atoms with E-state index >= 15 is 0 Å². The highest BCUT2D eigenvalue weighted by Gasteiger charge is 2.31. The van der Waals surface area contributed by atoms with Crippen LogP contribution >= 0.6 is 0 Å². The van der Waals surface area contributed by atoms with Crippen LogP contribution in [0.5, 0.6) is 0 Å². The largest absolute Gasteiger partial charge is 0.416 e. The molecular weight excluding hydrogens is 322 g/mol. The standard InChI is InChI=1S/C14H11F4NO2S/c1-9-2-5-11(6-3-9)22(20,21)19-13-7-4-10(8-12(13)15)14(16,17)18/h2-8,19H,1H3. The van der Waals surface area contributed by atoms with Crippen LogP contribution in [0.25, 0.3) is 0 Å². The topological polar surface area (TPSA) is 46.2 Å². The number of nitrogens with one attached hydrogen (secondary N) is 1. The van der Waals surface area contributed by atoms with Gasteiger partial charge in [0, 0.05) is 0 Å². The van der Waals surface area contributed by atoms with Gasteiger partial charge in [0.25, 0.3) is 10.0 Å². The fourth-order valence-corrected chi connectivity index (χ4v) is 2.76. The minimum Gasteiger partial charge on any atom is -0.277 e. The number of rotatable bonds is 3. The van der Waals surface area contributed by atoms with Crippen LogP contribution in [0.4, 0.5) is 23.2 Å². The average Bonchev–Trinajstić information content (AvgIpc) is 2.40. The molecular formula is C14H11F4NO2S. The van der Waals surface area contributed by atoms with Crippen LogP contribution in [0.3, 0.4) is 0 Å². The first-order valence-electron chi connectivity index (χ1n) is 6.06. The zero-order valence-electron chi connectivity index (χ0n) is 11.3. The molecule has 0 aliphatic carbocycles. The molecule has 0 saturated carbocycles. The summed E-state index contributed by atoms with van der Waals surface area (Å²) in [4.78, 5) is -0.114. The molecule has 22 heavy (non-hydrogen) atoms. The van der Waals surface area contributed by atoms with E-state index in [9.17, 15) is 26.0 Å². The SMILES string of the molecule is Cc1ccc(S(=O)(=O)Nc2ccc(C(F)(F)F)cc2F)cc1. The number of aryl methyl sites for hydroxylation is 1. The molecule has 2 aromatic carbocycles. The number of anilines is 1. The second-order valence-electron chi connectivity index (χ2n) is 4.61. The van der Waals surface area contributed by atoms with Gasteiger partial charge < -0.3 is 0 Å². The quantitative estimate of drug-likeness (QED) is 0.865. The molecule has 0 heterocycles. The van der Waals surface area contributed by atoms with Crippen LogP contribution in [0, 0.1) is 12.7 Å². The molecule has 0 radical (unpaired) electrons. The maximum Gasteiger partial charge on any atom is 0.416 e. The summed E-state index contributed by atoms with van der Waals surface area (Å²) in [5.41, 5.74) is -0.906. The Bertz CT molecular complexity index is 783. The smallest absolute Gasteiger partial charge is 0.277 e. The van der Waals surface area contributed by atoms with Crippen molar-refractivity contribution in [3.05, 3.63) is 59.4 Å². The van der Waals surface area contributed by atoms with Gasteiger partial charge in [0.2, 0.25) is 0 Å². The second kappa shape index (κ2) is 5.60. The van der Waals surface area contributed by atoms with Gasteiger partial charge in [-0.15, -0.1) is 0 Å². The number of hydrogen-bond acceptors (Lipinski definition) is 2. The van der Waals surface area contributed by atoms with Gasteiger partial charge in [-0.3, -0.25) is 4.72 Å². The summed E-state index contributed by atoms with van der Waals surface area (Å²) in [6, 6.07) is 7.33. The van der Waals surface area contributed by atoms with E-state index in [2.05, 4.69) is 0 Å². The summed E-state index contributed by atoms with van der Waals surface area (Å²) in [7, 11) is -4.07. The molecule has 0 spiro atoms. The van der Waals surface area contributed by atoms with Crippen molar-refractivity contribution in [2.24, 2.45) is 0 Å². The van der Waals surface area contributed by atoms with E-state index in [0.29, 0.717) is 6.07 Å². The third-order valence-corrected chi connectivity index (χ3v) is 4.25. The highest BCUT2D eigenvalue weighted by atomic mass is 32.2. The van der Waals surface area contributed by atoms with E-state index in [0.717, 1.165) is 11.6 Å². The van der Waals surface area contributed by atoms with Crippen molar-refractivity contribution in [2.75, 3.05) is 4.72 Å². The lowest BCUT2D eigenvalue weighted by Crippen LogP contribution is -2.14. The Morgan fingerprint density at radius 3 is 2.09 bits per heavy atom. The Morgan fingerprint density at radius 2 is 1.59 bits per heavy atom. The molecule has 3 nitrogen and oxygen atoms in total. The van der Waals surface area contributed by atoms with Gasteiger partial charge in [-0.1, -0.05) is 17.7 Å². The van der Waals surface area contributed by atoms with E-state index in [1.807, 2.05) is 4.72 Å². The molecule has 0 aromatic heterocycles. The second-order valence-corrected chi connectivity index (χ2v) is 6.29. The first kappa shape index (κ1) is 16.3. The molecule has 1 N–H and O–H groups in total. The van der Waals surface area contributed by atoms with E-state index in [1.54, 1.807) is 19.1 Å². The zero-order chi connectivity index (χ0) is 16.5. The third-order valence-electron chi connectivity index (χ3n) is 2.87. The minimum absolute atomic E-state index is 0.114. The number of halogens is 4. The van der Waals surface area contributed by atoms with Crippen molar-refractivity contribution in [1.29, 1.82) is 0 Å². The summed E-state index contributed by atoms with van der Waals surface area (Å²) in [6.45, 7) is 1.76. The van der Waals surface area contributed by atoms with Crippen molar-refractivity contribution in [3.63, 3.8) is 0 Å². The Hall–Kier alpha value is -2.09. The van der Waals surface area contributed by atoms with Crippen molar-refractivity contribution < 1.29 is 26.0 Å². The monoisotopic (exact) mass is 333 g/mol. The van der Waals surface area contributed by atoms with E-state index < -0.39 is 33.3 Å². The first-order chi connectivity index (χ1) is 10.1. The van der Waals surface area contributed by atoms with E-state index in [-0.39, 0.29) is 11.0 Å². The number of benzene rings is 2. The summed E-state index contributed by atoms with van der Waals surface area (Å²) >= 11 is 0. The van der Waals surface area contributed by atoms with Crippen LogP contribution in [0.1, 0.15) is 11.1 Å². The van der Waals surface area contributed by atoms with Crippen LogP contribution < -0.4 is 4.72 Å². The third kappa shape index (κ3) is 3.56. The Kier molecular flexibility index (Phi) is 4.15. The number of sulfonamides is 1. The Labute approximate surface area is 124 Å². The summed E-state index contributed by atoms with van der Waals surface area (Å²) < 4.78 is 77.0. The molecule has 2 rings (SSSR count). The van der Waals surface area contributed by atoms with E-state index in [1.165, 1.54) is 12.1 Å². The first-order valence-corrected chi connectivity index (χ1v) is 7.54. The molecule has 0 amide bonds. The van der Waals surface area contributed by atoms with Crippen LogP contribution in [0.2, 0.25) is 0 Å². The molecule has 0 fully saturated rings. The van der Waals surface area contributed by atoms with Crippen molar-refractivity contribution in [1.82, 2.24) is 0 Å². The van der Waals surface area contributed by atoms with Gasteiger partial charge in [-0.25, -0.2) is 12.8 Å². The minimum atomic E-state index is -4.70. The lowest BCUT2D eigenvalue weighted by Gasteiger charge is -2.11. The molecule has 0 saturated heterocycles. The Balaban J connectivity index is 2.32. The average molecular weight is 333 g/mol. The molecule has 0 unspecified atom stereocenters. The number of hydrogen-bond donors (Lipinski definition) is 1. The van der Waals surface area contributed by atoms with E-state index in [4.69, 9.17) is 0 Å². The molecule has 0 atom stereocenters. The highest BCUT2D eigenvalue weighted by molar-refractivity contribution is 7.92.